The second-order valence-electron chi connectivity index (χ2n) is 4.78. The van der Waals surface area contributed by atoms with Crippen molar-refractivity contribution < 1.29 is 9.60 Å². The molecule has 0 amide bonds. The maximum absolute atomic E-state index is 12.9. The lowest BCUT2D eigenvalue weighted by atomic mass is 9.87. The monoisotopic (exact) mass is 270 g/mol. The Morgan fingerprint density at radius 3 is 2.83 bits per heavy atom. The normalized spacial score (nSPS) is 12.7. The van der Waals surface area contributed by atoms with E-state index in [9.17, 15) is 4.39 Å². The Kier molecular flexibility index (Phi) is 5.47. The molecule has 1 rings (SSSR count). The Morgan fingerprint density at radius 1 is 1.50 bits per heavy atom. The van der Waals surface area contributed by atoms with Gasteiger partial charge < -0.3 is 10.9 Å². The van der Waals surface area contributed by atoms with Crippen molar-refractivity contribution in [2.24, 2.45) is 16.3 Å². The van der Waals surface area contributed by atoms with Gasteiger partial charge in [0, 0.05) is 10.3 Å². The van der Waals surface area contributed by atoms with Gasteiger partial charge in [-0.15, -0.1) is 11.8 Å². The summed E-state index contributed by atoms with van der Waals surface area (Å²) in [5.74, 6) is 0.918. The minimum absolute atomic E-state index is 0.211. The van der Waals surface area contributed by atoms with Crippen molar-refractivity contribution in [3.8, 4) is 0 Å². The van der Waals surface area contributed by atoms with Gasteiger partial charge in [-0.25, -0.2) is 4.39 Å². The Hall–Kier alpha value is -1.23. The number of hydrogen-bond acceptors (Lipinski definition) is 3. The molecule has 0 aliphatic carbocycles. The van der Waals surface area contributed by atoms with Crippen molar-refractivity contribution in [3.63, 3.8) is 0 Å². The van der Waals surface area contributed by atoms with Crippen molar-refractivity contribution in [1.82, 2.24) is 0 Å². The first-order valence-electron chi connectivity index (χ1n) is 5.82. The molecule has 0 aliphatic rings. The average molecular weight is 270 g/mol. The van der Waals surface area contributed by atoms with Crippen LogP contribution in [0.4, 0.5) is 4.39 Å². The summed E-state index contributed by atoms with van der Waals surface area (Å²) in [4.78, 5) is 0.927. The smallest absolute Gasteiger partial charge is 0.144 e. The van der Waals surface area contributed by atoms with Crippen LogP contribution in [0.1, 0.15) is 26.7 Å². The quantitative estimate of drug-likeness (QED) is 0.208. The van der Waals surface area contributed by atoms with Crippen molar-refractivity contribution in [3.05, 3.63) is 30.1 Å². The zero-order chi connectivity index (χ0) is 13.6. The van der Waals surface area contributed by atoms with Gasteiger partial charge in [-0.1, -0.05) is 25.1 Å². The number of halogens is 1. The van der Waals surface area contributed by atoms with Gasteiger partial charge in [-0.2, -0.15) is 0 Å². The van der Waals surface area contributed by atoms with Crippen LogP contribution in [0, 0.1) is 11.2 Å². The van der Waals surface area contributed by atoms with Crippen LogP contribution >= 0.6 is 11.8 Å². The summed E-state index contributed by atoms with van der Waals surface area (Å²) in [5, 5.41) is 11.7. The number of amidine groups is 1. The second-order valence-corrected chi connectivity index (χ2v) is 5.95. The molecule has 100 valence electrons. The van der Waals surface area contributed by atoms with Crippen LogP contribution in [-0.4, -0.2) is 16.8 Å². The molecule has 0 unspecified atom stereocenters. The number of nitrogens with two attached hydrogens (primary N) is 1. The molecule has 18 heavy (non-hydrogen) atoms. The zero-order valence-corrected chi connectivity index (χ0v) is 11.5. The molecule has 1 aromatic carbocycles. The molecule has 0 spiro atoms. The highest BCUT2D eigenvalue weighted by molar-refractivity contribution is 7.99. The van der Waals surface area contributed by atoms with Gasteiger partial charge in [-0.05, 0) is 36.8 Å². The summed E-state index contributed by atoms with van der Waals surface area (Å²) in [6, 6.07) is 6.56. The molecule has 0 saturated carbocycles. The zero-order valence-electron chi connectivity index (χ0n) is 10.7. The van der Waals surface area contributed by atoms with E-state index in [1.54, 1.807) is 17.8 Å². The van der Waals surface area contributed by atoms with E-state index < -0.39 is 0 Å². The molecule has 0 aromatic heterocycles. The summed E-state index contributed by atoms with van der Waals surface area (Å²) in [6.07, 6.45) is 1.75. The Labute approximate surface area is 111 Å². The minimum atomic E-state index is -0.308. The van der Waals surface area contributed by atoms with E-state index in [1.165, 1.54) is 12.1 Å². The third-order valence-electron chi connectivity index (χ3n) is 2.81. The van der Waals surface area contributed by atoms with E-state index in [2.05, 4.69) is 5.16 Å². The SMILES string of the molecule is CC(C)(CCCSc1cccc(F)c1)C(N)=NO. The molecule has 3 N–H and O–H groups in total. The number of nitrogens with zero attached hydrogens (tertiary/aromatic N) is 1. The van der Waals surface area contributed by atoms with Crippen molar-refractivity contribution >= 4 is 17.6 Å². The van der Waals surface area contributed by atoms with E-state index in [-0.39, 0.29) is 17.1 Å². The topological polar surface area (TPSA) is 58.6 Å². The van der Waals surface area contributed by atoms with E-state index in [0.717, 1.165) is 23.5 Å². The highest BCUT2D eigenvalue weighted by atomic mass is 32.2. The predicted molar refractivity (Wildman–Crippen MR) is 73.5 cm³/mol. The van der Waals surface area contributed by atoms with Crippen LogP contribution < -0.4 is 5.73 Å². The molecule has 0 aliphatic heterocycles. The first-order chi connectivity index (χ1) is 8.45. The van der Waals surface area contributed by atoms with Gasteiger partial charge in [0.1, 0.15) is 11.7 Å². The van der Waals surface area contributed by atoms with E-state index in [4.69, 9.17) is 10.9 Å². The fourth-order valence-electron chi connectivity index (χ4n) is 1.52. The number of hydrogen-bond donors (Lipinski definition) is 2. The summed E-state index contributed by atoms with van der Waals surface area (Å²) in [6.45, 7) is 3.88. The van der Waals surface area contributed by atoms with Crippen LogP contribution in [0.15, 0.2) is 34.3 Å². The van der Waals surface area contributed by atoms with E-state index in [1.807, 2.05) is 19.9 Å². The number of oxime groups is 1. The van der Waals surface area contributed by atoms with Crippen LogP contribution in [0.3, 0.4) is 0 Å². The van der Waals surface area contributed by atoms with Crippen molar-refractivity contribution in [2.75, 3.05) is 5.75 Å². The number of thioether (sulfide) groups is 1. The molecule has 0 saturated heterocycles. The fraction of sp³-hybridized carbons (Fsp3) is 0.462. The van der Waals surface area contributed by atoms with Crippen molar-refractivity contribution in [1.29, 1.82) is 0 Å². The predicted octanol–water partition coefficient (Wildman–Crippen LogP) is 3.47. The third-order valence-corrected chi connectivity index (χ3v) is 3.89. The molecule has 0 atom stereocenters. The molecular weight excluding hydrogens is 251 g/mol. The number of benzene rings is 1. The van der Waals surface area contributed by atoms with Crippen molar-refractivity contribution in [2.45, 2.75) is 31.6 Å². The lowest BCUT2D eigenvalue weighted by Crippen LogP contribution is -2.31. The first-order valence-corrected chi connectivity index (χ1v) is 6.80. The molecule has 0 radical (unpaired) electrons. The molecule has 0 heterocycles. The Morgan fingerprint density at radius 2 is 2.22 bits per heavy atom. The van der Waals surface area contributed by atoms with Gasteiger partial charge in [0.05, 0.1) is 0 Å². The largest absolute Gasteiger partial charge is 0.409 e. The highest BCUT2D eigenvalue weighted by Gasteiger charge is 2.22. The molecule has 5 heteroatoms. The average Bonchev–Trinajstić information content (AvgIpc) is 2.33. The van der Waals surface area contributed by atoms with Crippen LogP contribution in [-0.2, 0) is 0 Å². The molecular formula is C13H19FN2OS. The maximum Gasteiger partial charge on any atom is 0.144 e. The summed E-state index contributed by atoms with van der Waals surface area (Å²) in [7, 11) is 0. The lowest BCUT2D eigenvalue weighted by molar-refractivity contribution is 0.305. The summed E-state index contributed by atoms with van der Waals surface area (Å²) >= 11 is 1.61. The number of rotatable bonds is 6. The molecule has 1 aromatic rings. The van der Waals surface area contributed by atoms with Gasteiger partial charge in [-0.3, -0.25) is 0 Å². The van der Waals surface area contributed by atoms with Crippen LogP contribution in [0.2, 0.25) is 0 Å². The fourth-order valence-corrected chi connectivity index (χ4v) is 2.42. The van der Waals surface area contributed by atoms with E-state index in [0.29, 0.717) is 0 Å². The van der Waals surface area contributed by atoms with Gasteiger partial charge in [0.15, 0.2) is 0 Å². The Balaban J connectivity index is 2.35. The van der Waals surface area contributed by atoms with E-state index >= 15 is 0 Å². The standard InChI is InChI=1S/C13H19FN2OS/c1-13(2,12(15)16-17)7-4-8-18-11-6-3-5-10(14)9-11/h3,5-6,9,17H,4,7-8H2,1-2H3,(H2,15,16). The van der Waals surface area contributed by atoms with Crippen LogP contribution in [0.25, 0.3) is 0 Å². The molecule has 0 fully saturated rings. The van der Waals surface area contributed by atoms with Crippen LogP contribution in [0.5, 0.6) is 0 Å². The lowest BCUT2D eigenvalue weighted by Gasteiger charge is -2.22. The highest BCUT2D eigenvalue weighted by Crippen LogP contribution is 2.26. The third kappa shape index (κ3) is 4.56. The van der Waals surface area contributed by atoms with Gasteiger partial charge in [0.25, 0.3) is 0 Å². The summed E-state index contributed by atoms with van der Waals surface area (Å²) in [5.41, 5.74) is 5.30. The second kappa shape index (κ2) is 6.64. The maximum atomic E-state index is 12.9. The van der Waals surface area contributed by atoms with Gasteiger partial charge in [0.2, 0.25) is 0 Å². The summed E-state index contributed by atoms with van der Waals surface area (Å²) < 4.78 is 12.9. The van der Waals surface area contributed by atoms with Gasteiger partial charge >= 0.3 is 0 Å². The molecule has 0 bridgehead atoms. The first kappa shape index (κ1) is 14.8. The molecule has 3 nitrogen and oxygen atoms in total. The minimum Gasteiger partial charge on any atom is -0.409 e. The Bertz CT molecular complexity index is 421.